The number of hydrogen-bond acceptors (Lipinski definition) is 4. The molecule has 0 aliphatic heterocycles. The van der Waals surface area contributed by atoms with E-state index in [0.29, 0.717) is 5.56 Å². The number of hydrogen-bond donors (Lipinski definition) is 0. The van der Waals surface area contributed by atoms with Gasteiger partial charge in [0.25, 0.3) is 5.69 Å². The SMILES string of the molecule is O=[N+]([O-])c1ccc(C=Cc2cccc(Cl)c2S(=O)(=O)F)c(Cl)c1. The minimum atomic E-state index is -5.00. The molecule has 9 heteroatoms. The zero-order valence-electron chi connectivity index (χ0n) is 11.2. The van der Waals surface area contributed by atoms with Gasteiger partial charge in [0, 0.05) is 12.1 Å². The second-order valence-electron chi connectivity index (χ2n) is 4.39. The van der Waals surface area contributed by atoms with E-state index in [2.05, 4.69) is 0 Å². The highest BCUT2D eigenvalue weighted by atomic mass is 35.5. The van der Waals surface area contributed by atoms with Gasteiger partial charge in [-0.2, -0.15) is 8.42 Å². The lowest BCUT2D eigenvalue weighted by Crippen LogP contribution is -1.96. The van der Waals surface area contributed by atoms with E-state index in [1.807, 2.05) is 0 Å². The first-order valence-corrected chi connectivity index (χ1v) is 8.19. The van der Waals surface area contributed by atoms with Crippen LogP contribution in [0.5, 0.6) is 0 Å². The van der Waals surface area contributed by atoms with E-state index in [0.717, 1.165) is 6.07 Å². The van der Waals surface area contributed by atoms with Crippen LogP contribution in [0.3, 0.4) is 0 Å². The topological polar surface area (TPSA) is 77.3 Å². The molecule has 0 fully saturated rings. The number of non-ortho nitro benzene ring substituents is 1. The molecule has 0 radical (unpaired) electrons. The summed E-state index contributed by atoms with van der Waals surface area (Å²) in [6.07, 6.45) is 2.72. The van der Waals surface area contributed by atoms with Gasteiger partial charge in [-0.1, -0.05) is 47.5 Å². The highest BCUT2D eigenvalue weighted by Gasteiger charge is 2.20. The van der Waals surface area contributed by atoms with Crippen LogP contribution >= 0.6 is 23.2 Å². The number of nitro benzene ring substituents is 1. The van der Waals surface area contributed by atoms with Gasteiger partial charge >= 0.3 is 10.2 Å². The van der Waals surface area contributed by atoms with Gasteiger partial charge in [0.2, 0.25) is 0 Å². The lowest BCUT2D eigenvalue weighted by Gasteiger charge is -2.04. The van der Waals surface area contributed by atoms with Gasteiger partial charge in [0.05, 0.1) is 15.0 Å². The molecule has 0 aromatic heterocycles. The Morgan fingerprint density at radius 2 is 1.70 bits per heavy atom. The fraction of sp³-hybridized carbons (Fsp3) is 0. The first-order valence-electron chi connectivity index (χ1n) is 6.05. The predicted octanol–water partition coefficient (Wildman–Crippen LogP) is 4.73. The lowest BCUT2D eigenvalue weighted by molar-refractivity contribution is -0.384. The van der Waals surface area contributed by atoms with Crippen molar-refractivity contribution in [2.75, 3.05) is 0 Å². The van der Waals surface area contributed by atoms with Crippen LogP contribution in [-0.4, -0.2) is 13.3 Å². The molecule has 0 N–H and O–H groups in total. The summed E-state index contributed by atoms with van der Waals surface area (Å²) in [6, 6.07) is 7.89. The van der Waals surface area contributed by atoms with Crippen molar-refractivity contribution in [3.63, 3.8) is 0 Å². The Morgan fingerprint density at radius 3 is 2.26 bits per heavy atom. The van der Waals surface area contributed by atoms with Crippen molar-refractivity contribution in [1.29, 1.82) is 0 Å². The maximum atomic E-state index is 13.3. The molecule has 2 aromatic rings. The summed E-state index contributed by atoms with van der Waals surface area (Å²) in [5.74, 6) is 0. The third-order valence-electron chi connectivity index (χ3n) is 2.88. The summed E-state index contributed by atoms with van der Waals surface area (Å²) in [6.45, 7) is 0. The Balaban J connectivity index is 2.46. The average Bonchev–Trinajstić information content (AvgIpc) is 2.44. The first kappa shape index (κ1) is 17.4. The standard InChI is InChI=1S/C14H8Cl2FNO4S/c15-12-3-1-2-10(14(12)23(17,21)22)5-4-9-6-7-11(18(19)20)8-13(9)16/h1-8H. The molecule has 2 rings (SSSR count). The number of nitrogens with zero attached hydrogens (tertiary/aromatic N) is 1. The van der Waals surface area contributed by atoms with Crippen molar-refractivity contribution in [1.82, 2.24) is 0 Å². The smallest absolute Gasteiger partial charge is 0.258 e. The molecule has 23 heavy (non-hydrogen) atoms. The van der Waals surface area contributed by atoms with Gasteiger partial charge < -0.3 is 0 Å². The molecule has 0 aliphatic rings. The predicted molar refractivity (Wildman–Crippen MR) is 86.8 cm³/mol. The number of rotatable bonds is 4. The van der Waals surface area contributed by atoms with Crippen molar-refractivity contribution in [3.05, 3.63) is 67.7 Å². The maximum Gasteiger partial charge on any atom is 0.334 e. The van der Waals surface area contributed by atoms with Crippen LogP contribution in [0.15, 0.2) is 41.3 Å². The zero-order chi connectivity index (χ0) is 17.2. The third kappa shape index (κ3) is 4.07. The molecule has 0 amide bonds. The zero-order valence-corrected chi connectivity index (χ0v) is 13.6. The van der Waals surface area contributed by atoms with E-state index < -0.39 is 20.0 Å². The normalized spacial score (nSPS) is 11.8. The van der Waals surface area contributed by atoms with Crippen molar-refractivity contribution in [2.45, 2.75) is 4.90 Å². The van der Waals surface area contributed by atoms with Crippen molar-refractivity contribution < 1.29 is 17.2 Å². The summed E-state index contributed by atoms with van der Waals surface area (Å²) < 4.78 is 35.7. The molecule has 0 saturated heterocycles. The summed E-state index contributed by atoms with van der Waals surface area (Å²) in [5.41, 5.74) is 0.260. The molecule has 0 spiro atoms. The Kier molecular flexibility index (Phi) is 5.03. The molecular weight excluding hydrogens is 368 g/mol. The van der Waals surface area contributed by atoms with E-state index in [1.165, 1.54) is 42.5 Å². The van der Waals surface area contributed by atoms with E-state index in [1.54, 1.807) is 0 Å². The lowest BCUT2D eigenvalue weighted by atomic mass is 10.1. The molecule has 0 unspecified atom stereocenters. The highest BCUT2D eigenvalue weighted by molar-refractivity contribution is 7.86. The van der Waals surface area contributed by atoms with Crippen molar-refractivity contribution in [3.8, 4) is 0 Å². The Bertz CT molecular complexity index is 913. The molecule has 2 aromatic carbocycles. The summed E-state index contributed by atoms with van der Waals surface area (Å²) in [7, 11) is -5.00. The Hall–Kier alpha value is -1.96. The number of nitro groups is 1. The number of benzene rings is 2. The molecule has 0 atom stereocenters. The van der Waals surface area contributed by atoms with E-state index in [9.17, 15) is 22.4 Å². The third-order valence-corrected chi connectivity index (χ3v) is 4.58. The van der Waals surface area contributed by atoms with Gasteiger partial charge in [-0.3, -0.25) is 10.1 Å². The number of halogens is 3. The van der Waals surface area contributed by atoms with Gasteiger partial charge in [-0.05, 0) is 23.3 Å². The second kappa shape index (κ2) is 6.66. The fourth-order valence-electron chi connectivity index (χ4n) is 1.86. The van der Waals surface area contributed by atoms with Gasteiger partial charge in [-0.25, -0.2) is 0 Å². The second-order valence-corrected chi connectivity index (χ2v) is 6.49. The van der Waals surface area contributed by atoms with Crippen LogP contribution in [0.1, 0.15) is 11.1 Å². The van der Waals surface area contributed by atoms with Crippen molar-refractivity contribution in [2.24, 2.45) is 0 Å². The molecular formula is C14H8Cl2FNO4S. The summed E-state index contributed by atoms with van der Waals surface area (Å²) in [4.78, 5) is 9.41. The first-order chi connectivity index (χ1) is 10.7. The Labute approximate surface area is 141 Å². The fourth-order valence-corrected chi connectivity index (χ4v) is 3.27. The average molecular weight is 376 g/mol. The van der Waals surface area contributed by atoms with E-state index >= 15 is 0 Å². The summed E-state index contributed by atoms with van der Waals surface area (Å²) >= 11 is 11.7. The molecule has 0 aliphatic carbocycles. The van der Waals surface area contributed by atoms with Gasteiger partial charge in [-0.15, -0.1) is 3.89 Å². The molecule has 0 bridgehead atoms. The van der Waals surface area contributed by atoms with Gasteiger partial charge in [0.1, 0.15) is 4.90 Å². The summed E-state index contributed by atoms with van der Waals surface area (Å²) in [5, 5.41) is 10.5. The maximum absolute atomic E-state index is 13.3. The quantitative estimate of drug-likeness (QED) is 0.335. The van der Waals surface area contributed by atoms with Crippen LogP contribution in [0.2, 0.25) is 10.0 Å². The molecule has 5 nitrogen and oxygen atoms in total. The monoisotopic (exact) mass is 375 g/mol. The van der Waals surface area contributed by atoms with E-state index in [4.69, 9.17) is 23.2 Å². The van der Waals surface area contributed by atoms with E-state index in [-0.39, 0.29) is 21.3 Å². The minimum absolute atomic E-state index is 0.0365. The van der Waals surface area contributed by atoms with Crippen LogP contribution in [0.4, 0.5) is 9.57 Å². The van der Waals surface area contributed by atoms with Crippen LogP contribution < -0.4 is 0 Å². The van der Waals surface area contributed by atoms with Crippen LogP contribution in [-0.2, 0) is 10.2 Å². The van der Waals surface area contributed by atoms with Crippen LogP contribution in [0, 0.1) is 10.1 Å². The Morgan fingerprint density at radius 1 is 1.04 bits per heavy atom. The van der Waals surface area contributed by atoms with Gasteiger partial charge in [0.15, 0.2) is 0 Å². The molecule has 120 valence electrons. The van der Waals surface area contributed by atoms with Crippen LogP contribution in [0.25, 0.3) is 12.2 Å². The largest absolute Gasteiger partial charge is 0.334 e. The van der Waals surface area contributed by atoms with Crippen molar-refractivity contribution >= 4 is 51.3 Å². The minimum Gasteiger partial charge on any atom is -0.258 e. The molecule has 0 heterocycles. The highest BCUT2D eigenvalue weighted by Crippen LogP contribution is 2.29. The molecule has 0 saturated carbocycles.